The summed E-state index contributed by atoms with van der Waals surface area (Å²) in [6, 6.07) is 4.46. The van der Waals surface area contributed by atoms with Crippen LogP contribution in [0.4, 0.5) is 0 Å². The van der Waals surface area contributed by atoms with Crippen LogP contribution in [0.1, 0.15) is 49.4 Å². The largest absolute Gasteiger partial charge is 0.392 e. The predicted octanol–water partition coefficient (Wildman–Crippen LogP) is 3.56. The molecule has 1 aliphatic carbocycles. The van der Waals surface area contributed by atoms with Gasteiger partial charge in [-0.15, -0.1) is 6.58 Å². The normalized spacial score (nSPS) is 21.4. The van der Waals surface area contributed by atoms with Crippen molar-refractivity contribution in [2.24, 2.45) is 0 Å². The van der Waals surface area contributed by atoms with E-state index in [1.807, 2.05) is 6.08 Å². The minimum absolute atomic E-state index is 0.129. The van der Waals surface area contributed by atoms with E-state index in [0.29, 0.717) is 0 Å². The molecule has 0 saturated carbocycles. The number of allylic oxidation sites excluding steroid dienone is 1. The SMILES string of the molecule is C=CCc1c(CC)ccc2c1CCC(O)C2(C)C. The Kier molecular flexibility index (Phi) is 3.63. The van der Waals surface area contributed by atoms with E-state index in [1.165, 1.54) is 22.3 Å². The lowest BCUT2D eigenvalue weighted by Crippen LogP contribution is -2.39. The van der Waals surface area contributed by atoms with Crippen molar-refractivity contribution in [1.29, 1.82) is 0 Å². The Morgan fingerprint density at radius 2 is 2.17 bits per heavy atom. The van der Waals surface area contributed by atoms with Crippen molar-refractivity contribution >= 4 is 0 Å². The highest BCUT2D eigenvalue weighted by Gasteiger charge is 2.36. The lowest BCUT2D eigenvalue weighted by Gasteiger charge is -2.38. The van der Waals surface area contributed by atoms with Crippen LogP contribution in [0.5, 0.6) is 0 Å². The zero-order chi connectivity index (χ0) is 13.3. The summed E-state index contributed by atoms with van der Waals surface area (Å²) in [5.74, 6) is 0. The molecule has 0 spiro atoms. The molecule has 0 radical (unpaired) electrons. The van der Waals surface area contributed by atoms with E-state index in [-0.39, 0.29) is 11.5 Å². The first-order valence-corrected chi connectivity index (χ1v) is 6.95. The van der Waals surface area contributed by atoms with Gasteiger partial charge in [0.2, 0.25) is 0 Å². The summed E-state index contributed by atoms with van der Waals surface area (Å²) in [4.78, 5) is 0. The fraction of sp³-hybridized carbons (Fsp3) is 0.529. The first kappa shape index (κ1) is 13.4. The third kappa shape index (κ3) is 2.01. The Bertz CT molecular complexity index is 457. The van der Waals surface area contributed by atoms with E-state index in [4.69, 9.17) is 0 Å². The van der Waals surface area contributed by atoms with Crippen LogP contribution in [0.25, 0.3) is 0 Å². The Morgan fingerprint density at radius 1 is 1.44 bits per heavy atom. The topological polar surface area (TPSA) is 20.2 Å². The zero-order valence-electron chi connectivity index (χ0n) is 11.8. The molecule has 1 N–H and O–H groups in total. The van der Waals surface area contributed by atoms with Crippen molar-refractivity contribution in [1.82, 2.24) is 0 Å². The van der Waals surface area contributed by atoms with Gasteiger partial charge in [0.25, 0.3) is 0 Å². The summed E-state index contributed by atoms with van der Waals surface area (Å²) in [5.41, 5.74) is 5.54. The summed E-state index contributed by atoms with van der Waals surface area (Å²) in [7, 11) is 0. The Labute approximate surface area is 111 Å². The van der Waals surface area contributed by atoms with Crippen LogP contribution in [0.2, 0.25) is 0 Å². The molecule has 0 bridgehead atoms. The Morgan fingerprint density at radius 3 is 2.78 bits per heavy atom. The monoisotopic (exact) mass is 244 g/mol. The zero-order valence-corrected chi connectivity index (χ0v) is 11.8. The molecule has 0 heterocycles. The molecule has 0 aromatic heterocycles. The molecule has 18 heavy (non-hydrogen) atoms. The third-order valence-electron chi connectivity index (χ3n) is 4.45. The van der Waals surface area contributed by atoms with Crippen LogP contribution in [-0.2, 0) is 24.7 Å². The molecule has 0 saturated heterocycles. The summed E-state index contributed by atoms with van der Waals surface area (Å²) in [5, 5.41) is 10.2. The van der Waals surface area contributed by atoms with E-state index >= 15 is 0 Å². The minimum Gasteiger partial charge on any atom is -0.392 e. The highest BCUT2D eigenvalue weighted by Crippen LogP contribution is 2.39. The second-order valence-electron chi connectivity index (χ2n) is 5.85. The van der Waals surface area contributed by atoms with Crippen LogP contribution >= 0.6 is 0 Å². The number of aliphatic hydroxyl groups excluding tert-OH is 1. The molecule has 1 atom stereocenters. The number of rotatable bonds is 3. The van der Waals surface area contributed by atoms with Gasteiger partial charge < -0.3 is 5.11 Å². The number of hydrogen-bond acceptors (Lipinski definition) is 1. The molecule has 98 valence electrons. The van der Waals surface area contributed by atoms with Crippen LogP contribution in [0, 0.1) is 0 Å². The van der Waals surface area contributed by atoms with Crippen LogP contribution in [-0.4, -0.2) is 11.2 Å². The second kappa shape index (κ2) is 4.89. The van der Waals surface area contributed by atoms with Gasteiger partial charge in [0, 0.05) is 5.41 Å². The molecule has 1 unspecified atom stereocenters. The van der Waals surface area contributed by atoms with Gasteiger partial charge in [-0.25, -0.2) is 0 Å². The molecule has 1 aliphatic rings. The van der Waals surface area contributed by atoms with Gasteiger partial charge >= 0.3 is 0 Å². The van der Waals surface area contributed by atoms with Crippen LogP contribution in [0.3, 0.4) is 0 Å². The number of aliphatic hydroxyl groups is 1. The van der Waals surface area contributed by atoms with Crippen molar-refractivity contribution in [3.63, 3.8) is 0 Å². The molecule has 0 fully saturated rings. The van der Waals surface area contributed by atoms with Crippen molar-refractivity contribution in [3.8, 4) is 0 Å². The van der Waals surface area contributed by atoms with Gasteiger partial charge in [-0.3, -0.25) is 0 Å². The maximum absolute atomic E-state index is 10.2. The third-order valence-corrected chi connectivity index (χ3v) is 4.45. The molecule has 2 rings (SSSR count). The highest BCUT2D eigenvalue weighted by molar-refractivity contribution is 5.47. The van der Waals surface area contributed by atoms with Crippen LogP contribution < -0.4 is 0 Å². The van der Waals surface area contributed by atoms with E-state index in [1.54, 1.807) is 0 Å². The van der Waals surface area contributed by atoms with Gasteiger partial charge in [0.15, 0.2) is 0 Å². The number of fused-ring (bicyclic) bond motifs is 1. The minimum atomic E-state index is -0.228. The predicted molar refractivity (Wildman–Crippen MR) is 77.1 cm³/mol. The molecule has 1 aromatic rings. The highest BCUT2D eigenvalue weighted by atomic mass is 16.3. The number of benzene rings is 1. The molecular weight excluding hydrogens is 220 g/mol. The van der Waals surface area contributed by atoms with Gasteiger partial charge in [-0.1, -0.05) is 39.0 Å². The molecular formula is C17H24O. The van der Waals surface area contributed by atoms with E-state index in [0.717, 1.165) is 25.7 Å². The summed E-state index contributed by atoms with van der Waals surface area (Å²) < 4.78 is 0. The molecule has 0 aliphatic heterocycles. The molecule has 1 aromatic carbocycles. The van der Waals surface area contributed by atoms with E-state index < -0.39 is 0 Å². The quantitative estimate of drug-likeness (QED) is 0.806. The summed E-state index contributed by atoms with van der Waals surface area (Å²) in [6.45, 7) is 10.4. The van der Waals surface area contributed by atoms with Crippen molar-refractivity contribution in [2.45, 2.75) is 58.0 Å². The number of hydrogen-bond donors (Lipinski definition) is 1. The summed E-state index contributed by atoms with van der Waals surface area (Å²) >= 11 is 0. The lowest BCUT2D eigenvalue weighted by atomic mass is 9.68. The van der Waals surface area contributed by atoms with E-state index in [2.05, 4.69) is 39.5 Å². The van der Waals surface area contributed by atoms with Crippen molar-refractivity contribution < 1.29 is 5.11 Å². The molecule has 0 amide bonds. The van der Waals surface area contributed by atoms with Gasteiger partial charge in [0.1, 0.15) is 0 Å². The maximum atomic E-state index is 10.2. The molecule has 1 nitrogen and oxygen atoms in total. The van der Waals surface area contributed by atoms with Crippen molar-refractivity contribution in [2.75, 3.05) is 0 Å². The standard InChI is InChI=1S/C17H24O/c1-5-7-13-12(6-2)8-10-15-14(13)9-11-16(18)17(15,3)4/h5,8,10,16,18H,1,6-7,9,11H2,2-4H3. The first-order chi connectivity index (χ1) is 8.52. The Hall–Kier alpha value is -1.08. The van der Waals surface area contributed by atoms with Crippen LogP contribution in [0.15, 0.2) is 24.8 Å². The van der Waals surface area contributed by atoms with Gasteiger partial charge in [-0.05, 0) is 47.9 Å². The average Bonchev–Trinajstić information content (AvgIpc) is 2.35. The fourth-order valence-corrected chi connectivity index (χ4v) is 3.18. The Balaban J connectivity index is 2.60. The van der Waals surface area contributed by atoms with E-state index in [9.17, 15) is 5.11 Å². The van der Waals surface area contributed by atoms with Gasteiger partial charge in [0.05, 0.1) is 6.10 Å². The maximum Gasteiger partial charge on any atom is 0.0634 e. The van der Waals surface area contributed by atoms with Crippen molar-refractivity contribution in [3.05, 3.63) is 47.0 Å². The molecule has 1 heteroatoms. The smallest absolute Gasteiger partial charge is 0.0634 e. The average molecular weight is 244 g/mol. The lowest BCUT2D eigenvalue weighted by molar-refractivity contribution is 0.0829. The fourth-order valence-electron chi connectivity index (χ4n) is 3.18. The van der Waals surface area contributed by atoms with Gasteiger partial charge in [-0.2, -0.15) is 0 Å². The second-order valence-corrected chi connectivity index (χ2v) is 5.85. The summed E-state index contributed by atoms with van der Waals surface area (Å²) in [6.07, 6.45) is 5.65. The first-order valence-electron chi connectivity index (χ1n) is 6.95. The number of aryl methyl sites for hydroxylation is 1.